The van der Waals surface area contributed by atoms with Gasteiger partial charge in [-0.3, -0.25) is 18.7 Å². The molecule has 0 bridgehead atoms. The first-order valence-corrected chi connectivity index (χ1v) is 9.90. The summed E-state index contributed by atoms with van der Waals surface area (Å²) in [6.45, 7) is 3.55. The molecule has 3 aromatic rings. The summed E-state index contributed by atoms with van der Waals surface area (Å²) in [7, 11) is 0. The van der Waals surface area contributed by atoms with E-state index in [0.717, 1.165) is 23.8 Å². The lowest BCUT2D eigenvalue weighted by Gasteiger charge is -2.15. The number of carbonyl (C=O) groups is 1. The molecule has 0 unspecified atom stereocenters. The van der Waals surface area contributed by atoms with Crippen molar-refractivity contribution in [2.45, 2.75) is 59.0 Å². The topological polar surface area (TPSA) is 138 Å². The van der Waals surface area contributed by atoms with E-state index in [4.69, 9.17) is 9.05 Å². The molecular formula is C19H22N6O5. The Labute approximate surface area is 170 Å². The van der Waals surface area contributed by atoms with Gasteiger partial charge in [-0.1, -0.05) is 23.7 Å². The van der Waals surface area contributed by atoms with Crippen LogP contribution < -0.4 is 16.6 Å². The van der Waals surface area contributed by atoms with Crippen molar-refractivity contribution in [3.8, 4) is 11.4 Å². The maximum absolute atomic E-state index is 13.3. The van der Waals surface area contributed by atoms with Gasteiger partial charge in [-0.15, -0.1) is 0 Å². The molecule has 0 atom stereocenters. The van der Waals surface area contributed by atoms with Gasteiger partial charge in [0, 0.05) is 24.7 Å². The molecule has 0 aromatic carbocycles. The second-order valence-corrected chi connectivity index (χ2v) is 7.19. The van der Waals surface area contributed by atoms with Crippen molar-refractivity contribution in [3.63, 3.8) is 0 Å². The summed E-state index contributed by atoms with van der Waals surface area (Å²) in [5.41, 5.74) is -0.325. The van der Waals surface area contributed by atoms with E-state index in [1.54, 1.807) is 17.6 Å². The highest BCUT2D eigenvalue weighted by molar-refractivity contribution is 5.89. The number of nitrogens with one attached hydrogen (secondary N) is 1. The Hall–Kier alpha value is -3.50. The Morgan fingerprint density at radius 3 is 2.73 bits per heavy atom. The number of aryl methyl sites for hydroxylation is 2. The van der Waals surface area contributed by atoms with Crippen LogP contribution in [0.25, 0.3) is 11.4 Å². The van der Waals surface area contributed by atoms with Gasteiger partial charge >= 0.3 is 5.69 Å². The molecule has 0 radical (unpaired) electrons. The Balaban J connectivity index is 1.79. The number of nitrogens with zero attached hydrogens (tertiary/aromatic N) is 5. The van der Waals surface area contributed by atoms with Gasteiger partial charge in [0.25, 0.3) is 5.56 Å². The van der Waals surface area contributed by atoms with Crippen molar-refractivity contribution in [2.75, 3.05) is 5.32 Å². The second kappa shape index (κ2) is 8.09. The van der Waals surface area contributed by atoms with E-state index in [2.05, 4.69) is 20.6 Å². The van der Waals surface area contributed by atoms with Crippen LogP contribution in [0.15, 0.2) is 24.7 Å². The number of aromatic nitrogens is 5. The van der Waals surface area contributed by atoms with Crippen LogP contribution in [0.4, 0.5) is 5.82 Å². The number of hydrogen-bond acceptors (Lipinski definition) is 8. The molecule has 0 aliphatic carbocycles. The monoisotopic (exact) mass is 414 g/mol. The van der Waals surface area contributed by atoms with Crippen molar-refractivity contribution < 1.29 is 13.8 Å². The first kappa shape index (κ1) is 19.8. The molecule has 11 heteroatoms. The Kier molecular flexibility index (Phi) is 5.34. The predicted molar refractivity (Wildman–Crippen MR) is 105 cm³/mol. The zero-order valence-corrected chi connectivity index (χ0v) is 16.8. The summed E-state index contributed by atoms with van der Waals surface area (Å²) < 4.78 is 12.6. The van der Waals surface area contributed by atoms with E-state index in [0.29, 0.717) is 36.7 Å². The smallest absolute Gasteiger partial charge is 0.331 e. The lowest BCUT2D eigenvalue weighted by Crippen LogP contribution is -2.44. The summed E-state index contributed by atoms with van der Waals surface area (Å²) in [6.07, 6.45) is 3.67. The standard InChI is InChI=1S/C19H22N6O5/c1-3-15-21-17(23-30-15)16-12-7-5-4-6-8-24(12)19(28)25(18(16)27)10-14(26)20-13-9-11(2)29-22-13/h9H,3-8,10H2,1-2H3,(H,20,22,26). The van der Waals surface area contributed by atoms with E-state index in [1.807, 2.05) is 6.92 Å². The molecule has 1 aliphatic heterocycles. The molecule has 0 saturated heterocycles. The highest BCUT2D eigenvalue weighted by Crippen LogP contribution is 2.21. The molecular weight excluding hydrogens is 392 g/mol. The van der Waals surface area contributed by atoms with Crippen LogP contribution in [0.2, 0.25) is 0 Å². The zero-order valence-electron chi connectivity index (χ0n) is 16.8. The average molecular weight is 414 g/mol. The molecule has 11 nitrogen and oxygen atoms in total. The Bertz CT molecular complexity index is 1200. The summed E-state index contributed by atoms with van der Waals surface area (Å²) >= 11 is 0. The van der Waals surface area contributed by atoms with Gasteiger partial charge in [0.2, 0.25) is 17.6 Å². The summed E-state index contributed by atoms with van der Waals surface area (Å²) in [4.78, 5) is 43.1. The van der Waals surface area contributed by atoms with Crippen molar-refractivity contribution in [1.29, 1.82) is 0 Å². The average Bonchev–Trinajstić information content (AvgIpc) is 3.28. The number of amides is 1. The SMILES string of the molecule is CCc1nc(-c2c3n(c(=O)n(CC(=O)Nc4cc(C)on4)c2=O)CCCCC3)no1. The van der Waals surface area contributed by atoms with E-state index < -0.39 is 23.7 Å². The van der Waals surface area contributed by atoms with Gasteiger partial charge in [0.05, 0.1) is 0 Å². The molecule has 1 amide bonds. The van der Waals surface area contributed by atoms with Crippen LogP contribution in [-0.4, -0.2) is 30.3 Å². The molecule has 3 aromatic heterocycles. The quantitative estimate of drug-likeness (QED) is 0.659. The van der Waals surface area contributed by atoms with Gasteiger partial charge < -0.3 is 14.4 Å². The lowest BCUT2D eigenvalue weighted by atomic mass is 10.1. The van der Waals surface area contributed by atoms with Gasteiger partial charge in [-0.2, -0.15) is 4.98 Å². The molecule has 4 heterocycles. The highest BCUT2D eigenvalue weighted by atomic mass is 16.5. The van der Waals surface area contributed by atoms with Crippen molar-refractivity contribution >= 4 is 11.7 Å². The molecule has 0 spiro atoms. The van der Waals surface area contributed by atoms with E-state index >= 15 is 0 Å². The van der Waals surface area contributed by atoms with Gasteiger partial charge in [0.15, 0.2) is 5.82 Å². The largest absolute Gasteiger partial charge is 0.360 e. The van der Waals surface area contributed by atoms with E-state index in [9.17, 15) is 14.4 Å². The van der Waals surface area contributed by atoms with Gasteiger partial charge in [-0.25, -0.2) is 4.79 Å². The normalized spacial score (nSPS) is 13.7. The maximum atomic E-state index is 13.3. The Morgan fingerprint density at radius 1 is 1.20 bits per heavy atom. The van der Waals surface area contributed by atoms with Crippen molar-refractivity contribution in [1.82, 2.24) is 24.4 Å². The molecule has 1 aliphatic rings. The fraction of sp³-hybridized carbons (Fsp3) is 0.474. The third-order valence-corrected chi connectivity index (χ3v) is 5.02. The first-order valence-electron chi connectivity index (χ1n) is 9.90. The first-order chi connectivity index (χ1) is 14.5. The minimum Gasteiger partial charge on any atom is -0.360 e. The zero-order chi connectivity index (χ0) is 21.3. The van der Waals surface area contributed by atoms with Crippen LogP contribution in [-0.2, 0) is 30.7 Å². The van der Waals surface area contributed by atoms with Crippen LogP contribution in [0.1, 0.15) is 43.5 Å². The number of fused-ring (bicyclic) bond motifs is 1. The summed E-state index contributed by atoms with van der Waals surface area (Å²) in [5, 5.41) is 10.2. The molecule has 0 saturated carbocycles. The van der Waals surface area contributed by atoms with E-state index in [1.165, 1.54) is 0 Å². The van der Waals surface area contributed by atoms with Crippen LogP contribution >= 0.6 is 0 Å². The maximum Gasteiger partial charge on any atom is 0.331 e. The van der Waals surface area contributed by atoms with Crippen LogP contribution in [0.5, 0.6) is 0 Å². The molecule has 158 valence electrons. The predicted octanol–water partition coefficient (Wildman–Crippen LogP) is 1.28. The Morgan fingerprint density at radius 2 is 2.03 bits per heavy atom. The van der Waals surface area contributed by atoms with E-state index in [-0.39, 0.29) is 17.2 Å². The summed E-state index contributed by atoms with van der Waals surface area (Å²) in [5.74, 6) is 0.715. The number of carbonyl (C=O) groups excluding carboxylic acids is 1. The molecule has 1 N–H and O–H groups in total. The summed E-state index contributed by atoms with van der Waals surface area (Å²) in [6, 6.07) is 1.54. The number of anilines is 1. The third kappa shape index (κ3) is 3.70. The third-order valence-electron chi connectivity index (χ3n) is 5.02. The fourth-order valence-corrected chi connectivity index (χ4v) is 3.59. The van der Waals surface area contributed by atoms with Gasteiger partial charge in [-0.05, 0) is 26.2 Å². The number of hydrogen-bond donors (Lipinski definition) is 1. The number of rotatable bonds is 5. The molecule has 4 rings (SSSR count). The minimum atomic E-state index is -0.608. The fourth-order valence-electron chi connectivity index (χ4n) is 3.59. The van der Waals surface area contributed by atoms with Crippen molar-refractivity contribution in [3.05, 3.63) is 44.2 Å². The van der Waals surface area contributed by atoms with Crippen LogP contribution in [0.3, 0.4) is 0 Å². The van der Waals surface area contributed by atoms with Crippen molar-refractivity contribution in [2.24, 2.45) is 0 Å². The lowest BCUT2D eigenvalue weighted by molar-refractivity contribution is -0.116. The van der Waals surface area contributed by atoms with Gasteiger partial charge in [0.1, 0.15) is 17.9 Å². The molecule has 30 heavy (non-hydrogen) atoms. The molecule has 0 fully saturated rings. The second-order valence-electron chi connectivity index (χ2n) is 7.19. The highest BCUT2D eigenvalue weighted by Gasteiger charge is 2.25. The minimum absolute atomic E-state index is 0.142. The van der Waals surface area contributed by atoms with Crippen LogP contribution in [0, 0.1) is 6.92 Å².